The molecule has 7 atom stereocenters. The summed E-state index contributed by atoms with van der Waals surface area (Å²) in [6.45, 7) is 11.4. The average Bonchev–Trinajstić information content (AvgIpc) is 3.44. The molecule has 3 saturated heterocycles. The Morgan fingerprint density at radius 2 is 2.11 bits per heavy atom. The van der Waals surface area contributed by atoms with Gasteiger partial charge in [0.05, 0.1) is 37.2 Å². The van der Waals surface area contributed by atoms with Crippen LogP contribution in [-0.4, -0.2) is 76.2 Å². The zero-order valence-electron chi connectivity index (χ0n) is 21.3. The van der Waals surface area contributed by atoms with Gasteiger partial charge in [-0.05, 0) is 50.8 Å². The predicted molar refractivity (Wildman–Crippen MR) is 139 cm³/mol. The van der Waals surface area contributed by atoms with E-state index in [0.29, 0.717) is 12.8 Å². The number of aliphatic hydroxyl groups is 1. The number of carbonyl (C=O) groups excluding carboxylic acids is 3. The summed E-state index contributed by atoms with van der Waals surface area (Å²) in [5, 5.41) is 10.2. The number of anilines is 1. The van der Waals surface area contributed by atoms with Crippen LogP contribution in [0.15, 0.2) is 30.9 Å². The lowest BCUT2D eigenvalue weighted by atomic mass is 9.70. The Bertz CT molecular complexity index is 1060. The minimum absolute atomic E-state index is 0.183. The maximum Gasteiger partial charge on any atom is 0.312 e. The minimum atomic E-state index is -1.20. The Morgan fingerprint density at radius 1 is 1.39 bits per heavy atom. The van der Waals surface area contributed by atoms with Gasteiger partial charge in [-0.2, -0.15) is 0 Å². The third-order valence-electron chi connectivity index (χ3n) is 7.83. The molecule has 4 rings (SSSR count). The van der Waals surface area contributed by atoms with Crippen LogP contribution >= 0.6 is 15.9 Å². The van der Waals surface area contributed by atoms with Crippen molar-refractivity contribution in [2.24, 2.45) is 11.8 Å². The van der Waals surface area contributed by atoms with Crippen molar-refractivity contribution in [2.45, 2.75) is 69.2 Å². The van der Waals surface area contributed by atoms with Crippen LogP contribution in [0.1, 0.15) is 37.8 Å². The molecule has 3 unspecified atom stereocenters. The second-order valence-corrected chi connectivity index (χ2v) is 11.1. The topological polar surface area (TPSA) is 96.4 Å². The Morgan fingerprint density at radius 3 is 2.72 bits per heavy atom. The van der Waals surface area contributed by atoms with Gasteiger partial charge in [0.25, 0.3) is 5.91 Å². The summed E-state index contributed by atoms with van der Waals surface area (Å²) in [5.74, 6) is -2.81. The normalized spacial score (nSPS) is 31.3. The molecule has 0 aliphatic carbocycles. The molecule has 36 heavy (non-hydrogen) atoms. The molecule has 3 aliphatic rings. The van der Waals surface area contributed by atoms with Crippen molar-refractivity contribution in [3.05, 3.63) is 42.0 Å². The Hall–Kier alpha value is -2.23. The van der Waals surface area contributed by atoms with Crippen molar-refractivity contribution in [1.29, 1.82) is 0 Å². The summed E-state index contributed by atoms with van der Waals surface area (Å²) in [6, 6.07) is 4.29. The summed E-state index contributed by atoms with van der Waals surface area (Å²) in [5.41, 5.74) is 1.43. The number of aryl methyl sites for hydroxylation is 2. The molecule has 9 heteroatoms. The number of benzene rings is 1. The van der Waals surface area contributed by atoms with Crippen molar-refractivity contribution in [2.75, 3.05) is 24.7 Å². The predicted octanol–water partition coefficient (Wildman–Crippen LogP) is 2.90. The van der Waals surface area contributed by atoms with Crippen LogP contribution in [0.2, 0.25) is 0 Å². The van der Waals surface area contributed by atoms with E-state index in [9.17, 15) is 19.5 Å². The Balaban J connectivity index is 1.86. The van der Waals surface area contributed by atoms with Crippen LogP contribution in [0.25, 0.3) is 0 Å². The molecule has 3 heterocycles. The number of hydrogen-bond acceptors (Lipinski definition) is 6. The van der Waals surface area contributed by atoms with E-state index >= 15 is 0 Å². The van der Waals surface area contributed by atoms with E-state index in [0.717, 1.165) is 16.8 Å². The van der Waals surface area contributed by atoms with Crippen molar-refractivity contribution in [3.8, 4) is 0 Å². The standard InChI is InChI=1S/C27H35BrN2O6/c1-6-11-29(19-12-15(4)9-10-16(19)5)25(33)23-27-13-18(28)22(36-27)20(26(34)35-8-3)21(27)24(32)30(23)17(7-2)14-31/h6,9-10,12,17-18,20-23,31H,1,7-8,11,13-14H2,2-5H3/t17-,18?,20-,21-,22-,23?,27?/m0/s1. The summed E-state index contributed by atoms with van der Waals surface area (Å²) >= 11 is 3.65. The molecule has 0 aromatic heterocycles. The first-order valence-electron chi connectivity index (χ1n) is 12.6. The second-order valence-electron chi connectivity index (χ2n) is 9.93. The molecule has 1 aromatic rings. The van der Waals surface area contributed by atoms with Gasteiger partial charge >= 0.3 is 5.97 Å². The number of fused-ring (bicyclic) bond motifs is 1. The quantitative estimate of drug-likeness (QED) is 0.282. The van der Waals surface area contributed by atoms with Gasteiger partial charge < -0.3 is 24.4 Å². The van der Waals surface area contributed by atoms with Crippen LogP contribution in [0.4, 0.5) is 5.69 Å². The van der Waals surface area contributed by atoms with Crippen LogP contribution in [0.3, 0.4) is 0 Å². The summed E-state index contributed by atoms with van der Waals surface area (Å²) in [6.07, 6.45) is 1.93. The first-order chi connectivity index (χ1) is 17.2. The molecule has 8 nitrogen and oxygen atoms in total. The first kappa shape index (κ1) is 26.8. The van der Waals surface area contributed by atoms with Gasteiger partial charge in [-0.1, -0.05) is 41.1 Å². The number of ether oxygens (including phenoxy) is 2. The van der Waals surface area contributed by atoms with E-state index in [1.807, 2.05) is 39.0 Å². The molecule has 2 amide bonds. The highest BCUT2D eigenvalue weighted by Crippen LogP contribution is 2.60. The molecule has 0 radical (unpaired) electrons. The molecule has 3 aliphatic heterocycles. The number of nitrogens with zero attached hydrogens (tertiary/aromatic N) is 2. The molecule has 2 bridgehead atoms. The fourth-order valence-corrected chi connectivity index (χ4v) is 7.20. The number of alkyl halides is 1. The fourth-order valence-electron chi connectivity index (χ4n) is 6.26. The number of rotatable bonds is 9. The molecular weight excluding hydrogens is 528 g/mol. The van der Waals surface area contributed by atoms with Gasteiger partial charge in [0, 0.05) is 17.1 Å². The van der Waals surface area contributed by atoms with Crippen LogP contribution in [0.5, 0.6) is 0 Å². The molecule has 3 fully saturated rings. The molecule has 1 spiro atoms. The third kappa shape index (κ3) is 4.00. The van der Waals surface area contributed by atoms with Crippen molar-refractivity contribution in [3.63, 3.8) is 0 Å². The fraction of sp³-hybridized carbons (Fsp3) is 0.593. The Labute approximate surface area is 220 Å². The third-order valence-corrected chi connectivity index (χ3v) is 8.67. The van der Waals surface area contributed by atoms with E-state index in [1.165, 1.54) is 4.90 Å². The molecular formula is C27H35BrN2O6. The smallest absolute Gasteiger partial charge is 0.312 e. The largest absolute Gasteiger partial charge is 0.466 e. The minimum Gasteiger partial charge on any atom is -0.466 e. The van der Waals surface area contributed by atoms with Gasteiger partial charge in [0.1, 0.15) is 11.6 Å². The van der Waals surface area contributed by atoms with Crippen LogP contribution < -0.4 is 4.90 Å². The SMILES string of the molecule is C=CCN(C(=O)C1N([C@@H](CC)CO)C(=O)[C@@H]2[C@H](C(=O)OCC)[C@H]3OC12CC3Br)c1cc(C)ccc1C. The molecule has 196 valence electrons. The Kier molecular flexibility index (Phi) is 7.65. The molecule has 1 aromatic carbocycles. The number of carbonyl (C=O) groups is 3. The molecule has 1 N–H and O–H groups in total. The molecule has 0 saturated carbocycles. The van der Waals surface area contributed by atoms with Crippen LogP contribution in [0, 0.1) is 25.7 Å². The zero-order valence-corrected chi connectivity index (χ0v) is 22.9. The van der Waals surface area contributed by atoms with Gasteiger partial charge in [-0.3, -0.25) is 14.4 Å². The number of esters is 1. The van der Waals surface area contributed by atoms with Gasteiger partial charge in [0.2, 0.25) is 5.91 Å². The van der Waals surface area contributed by atoms with E-state index < -0.39 is 41.6 Å². The lowest BCUT2D eigenvalue weighted by molar-refractivity contribution is -0.155. The summed E-state index contributed by atoms with van der Waals surface area (Å²) in [4.78, 5) is 44.5. The summed E-state index contributed by atoms with van der Waals surface area (Å²) in [7, 11) is 0. The van der Waals surface area contributed by atoms with E-state index in [-0.39, 0.29) is 36.4 Å². The second kappa shape index (κ2) is 10.3. The van der Waals surface area contributed by atoms with Gasteiger partial charge in [-0.25, -0.2) is 0 Å². The van der Waals surface area contributed by atoms with Crippen molar-refractivity contribution in [1.82, 2.24) is 4.90 Å². The summed E-state index contributed by atoms with van der Waals surface area (Å²) < 4.78 is 11.8. The maximum absolute atomic E-state index is 14.5. The zero-order chi connectivity index (χ0) is 26.4. The van der Waals surface area contributed by atoms with Crippen molar-refractivity contribution < 1.29 is 29.0 Å². The highest BCUT2D eigenvalue weighted by Gasteiger charge is 2.77. The lowest BCUT2D eigenvalue weighted by Crippen LogP contribution is -2.59. The van der Waals surface area contributed by atoms with E-state index in [1.54, 1.807) is 17.9 Å². The number of likely N-dealkylation sites (tertiary alicyclic amines) is 1. The average molecular weight is 563 g/mol. The lowest BCUT2D eigenvalue weighted by Gasteiger charge is -2.39. The van der Waals surface area contributed by atoms with Gasteiger partial charge in [-0.15, -0.1) is 6.58 Å². The maximum atomic E-state index is 14.5. The van der Waals surface area contributed by atoms with Gasteiger partial charge in [0.15, 0.2) is 0 Å². The van der Waals surface area contributed by atoms with Crippen LogP contribution in [-0.2, 0) is 23.9 Å². The number of amides is 2. The number of halogens is 1. The number of aliphatic hydroxyl groups excluding tert-OH is 1. The highest BCUT2D eigenvalue weighted by atomic mass is 79.9. The number of hydrogen-bond donors (Lipinski definition) is 1. The van der Waals surface area contributed by atoms with Crippen molar-refractivity contribution >= 4 is 39.4 Å². The van der Waals surface area contributed by atoms with E-state index in [2.05, 4.69) is 22.5 Å². The monoisotopic (exact) mass is 562 g/mol. The highest BCUT2D eigenvalue weighted by molar-refractivity contribution is 9.09. The first-order valence-corrected chi connectivity index (χ1v) is 13.5. The van der Waals surface area contributed by atoms with E-state index in [4.69, 9.17) is 9.47 Å².